The highest BCUT2D eigenvalue weighted by Gasteiger charge is 2.34. The lowest BCUT2D eigenvalue weighted by molar-refractivity contribution is -0.114. The van der Waals surface area contributed by atoms with Gasteiger partial charge in [-0.2, -0.15) is 5.26 Å². The number of aliphatic imine (C=N–C) groups is 1. The number of rotatable bonds is 8. The predicted octanol–water partition coefficient (Wildman–Crippen LogP) is 3.20. The van der Waals surface area contributed by atoms with Crippen molar-refractivity contribution in [1.29, 1.82) is 5.26 Å². The standard InChI is InChI=1S/C26H28FN7O/c27-20-3-5-21(6-4-20)33-24(29)22(25(30)35)16-32-26(8-11-28)9-13-34(14-10-26)17-18-1-2-19-7-12-31-23(19)15-18/h1-7,12,15-16,31-32H,8-10,13-14,17H2,(H2,29,33)(H2,30,35)/b22-16+. The number of carbonyl (C=O) groups excluding carboxylic acids is 1. The van der Waals surface area contributed by atoms with E-state index in [1.165, 1.54) is 41.4 Å². The monoisotopic (exact) mass is 473 g/mol. The highest BCUT2D eigenvalue weighted by atomic mass is 19.1. The number of nitrogens with two attached hydrogens (primary N) is 2. The molecule has 1 aromatic heterocycles. The van der Waals surface area contributed by atoms with Gasteiger partial charge in [0.05, 0.1) is 29.3 Å². The van der Waals surface area contributed by atoms with Crippen LogP contribution in [0.3, 0.4) is 0 Å². The molecule has 35 heavy (non-hydrogen) atoms. The number of piperidine rings is 1. The third kappa shape index (κ3) is 5.86. The number of aromatic nitrogens is 1. The Morgan fingerprint density at radius 2 is 1.94 bits per heavy atom. The number of primary amides is 1. The van der Waals surface area contributed by atoms with Gasteiger partial charge >= 0.3 is 0 Å². The second-order valence-corrected chi connectivity index (χ2v) is 8.83. The molecule has 1 aliphatic heterocycles. The third-order valence-electron chi connectivity index (χ3n) is 6.40. The summed E-state index contributed by atoms with van der Waals surface area (Å²) >= 11 is 0. The first-order valence-corrected chi connectivity index (χ1v) is 11.4. The zero-order valence-electron chi connectivity index (χ0n) is 19.3. The molecule has 2 heterocycles. The first-order valence-electron chi connectivity index (χ1n) is 11.4. The number of amides is 1. The molecule has 0 unspecified atom stereocenters. The summed E-state index contributed by atoms with van der Waals surface area (Å²) in [4.78, 5) is 21.8. The van der Waals surface area contributed by atoms with E-state index in [4.69, 9.17) is 11.5 Å². The normalized spacial score (nSPS) is 16.7. The summed E-state index contributed by atoms with van der Waals surface area (Å²) < 4.78 is 13.1. The Morgan fingerprint density at radius 3 is 2.63 bits per heavy atom. The molecule has 3 aromatic rings. The number of aromatic amines is 1. The van der Waals surface area contributed by atoms with Crippen LogP contribution in [-0.2, 0) is 11.3 Å². The van der Waals surface area contributed by atoms with Gasteiger partial charge in [0.25, 0.3) is 5.91 Å². The van der Waals surface area contributed by atoms with Crippen LogP contribution in [0.25, 0.3) is 10.9 Å². The van der Waals surface area contributed by atoms with E-state index < -0.39 is 17.3 Å². The molecule has 0 aliphatic carbocycles. The molecule has 1 amide bonds. The average Bonchev–Trinajstić information content (AvgIpc) is 3.30. The Bertz CT molecular complexity index is 1300. The summed E-state index contributed by atoms with van der Waals surface area (Å²) in [5.41, 5.74) is 13.8. The zero-order valence-corrected chi connectivity index (χ0v) is 19.3. The molecular formula is C26H28FN7O. The minimum atomic E-state index is -0.745. The van der Waals surface area contributed by atoms with Gasteiger partial charge in [-0.25, -0.2) is 9.38 Å². The number of carbonyl (C=O) groups is 1. The number of hydrogen-bond donors (Lipinski definition) is 4. The van der Waals surface area contributed by atoms with E-state index in [0.29, 0.717) is 18.5 Å². The van der Waals surface area contributed by atoms with Crippen molar-refractivity contribution in [2.24, 2.45) is 16.5 Å². The number of hydrogen-bond acceptors (Lipinski definition) is 5. The number of H-pyrrole nitrogens is 1. The minimum absolute atomic E-state index is 0.00770. The van der Waals surface area contributed by atoms with Crippen LogP contribution in [-0.4, -0.2) is 40.3 Å². The predicted molar refractivity (Wildman–Crippen MR) is 134 cm³/mol. The number of amidine groups is 1. The molecule has 0 bridgehead atoms. The van der Waals surface area contributed by atoms with Crippen molar-refractivity contribution in [3.8, 4) is 6.07 Å². The first kappa shape index (κ1) is 24.0. The van der Waals surface area contributed by atoms with Crippen LogP contribution in [0, 0.1) is 17.1 Å². The van der Waals surface area contributed by atoms with Crippen LogP contribution < -0.4 is 16.8 Å². The molecule has 0 saturated carbocycles. The van der Waals surface area contributed by atoms with Gasteiger partial charge < -0.3 is 21.8 Å². The number of nitriles is 1. The van der Waals surface area contributed by atoms with E-state index in [1.807, 2.05) is 12.3 Å². The van der Waals surface area contributed by atoms with Gasteiger partial charge in [-0.3, -0.25) is 9.69 Å². The van der Waals surface area contributed by atoms with Gasteiger partial charge in [0.2, 0.25) is 0 Å². The summed E-state index contributed by atoms with van der Waals surface area (Å²) in [5, 5.41) is 13.9. The fraction of sp³-hybridized carbons (Fsp3) is 0.269. The van der Waals surface area contributed by atoms with Crippen LogP contribution in [0.15, 0.2) is 71.5 Å². The smallest absolute Gasteiger partial charge is 0.253 e. The molecule has 8 nitrogen and oxygen atoms in total. The van der Waals surface area contributed by atoms with E-state index in [1.54, 1.807) is 0 Å². The van der Waals surface area contributed by atoms with Gasteiger partial charge in [0, 0.05) is 37.5 Å². The maximum Gasteiger partial charge on any atom is 0.253 e. The van der Waals surface area contributed by atoms with Crippen molar-refractivity contribution < 1.29 is 9.18 Å². The molecule has 4 rings (SSSR count). The molecule has 1 saturated heterocycles. The summed E-state index contributed by atoms with van der Waals surface area (Å²) in [5.74, 6) is -1.23. The molecule has 6 N–H and O–H groups in total. The molecule has 180 valence electrons. The quantitative estimate of drug-likeness (QED) is 0.226. The lowest BCUT2D eigenvalue weighted by atomic mass is 9.84. The zero-order chi connectivity index (χ0) is 24.8. The van der Waals surface area contributed by atoms with Crippen LogP contribution in [0.5, 0.6) is 0 Å². The summed E-state index contributed by atoms with van der Waals surface area (Å²) in [6.07, 6.45) is 5.08. The van der Waals surface area contributed by atoms with E-state index in [0.717, 1.165) is 25.2 Å². The topological polar surface area (TPSA) is 136 Å². The Morgan fingerprint density at radius 1 is 1.20 bits per heavy atom. The summed E-state index contributed by atoms with van der Waals surface area (Å²) in [6.45, 7) is 2.39. The van der Waals surface area contributed by atoms with Gasteiger partial charge in [-0.15, -0.1) is 0 Å². The fourth-order valence-corrected chi connectivity index (χ4v) is 4.33. The summed E-state index contributed by atoms with van der Waals surface area (Å²) in [6, 6.07) is 16.1. The number of nitrogens with one attached hydrogen (secondary N) is 2. The maximum absolute atomic E-state index is 13.1. The Kier molecular flexibility index (Phi) is 7.13. The molecule has 0 spiro atoms. The fourth-order valence-electron chi connectivity index (χ4n) is 4.33. The third-order valence-corrected chi connectivity index (χ3v) is 6.40. The van der Waals surface area contributed by atoms with Gasteiger partial charge in [-0.05, 0) is 60.2 Å². The van der Waals surface area contributed by atoms with Crippen molar-refractivity contribution >= 4 is 28.3 Å². The minimum Gasteiger partial charge on any atom is -0.384 e. The molecule has 1 fully saturated rings. The van der Waals surface area contributed by atoms with Gasteiger partial charge in [0.15, 0.2) is 0 Å². The highest BCUT2D eigenvalue weighted by Crippen LogP contribution is 2.27. The van der Waals surface area contributed by atoms with Crippen molar-refractivity contribution in [2.45, 2.75) is 31.3 Å². The van der Waals surface area contributed by atoms with Crippen molar-refractivity contribution in [3.63, 3.8) is 0 Å². The van der Waals surface area contributed by atoms with E-state index in [9.17, 15) is 14.4 Å². The maximum atomic E-state index is 13.1. The van der Waals surface area contributed by atoms with Crippen LogP contribution in [0.1, 0.15) is 24.8 Å². The molecule has 0 atom stereocenters. The Balaban J connectivity index is 1.44. The Labute approximate surface area is 203 Å². The largest absolute Gasteiger partial charge is 0.384 e. The lowest BCUT2D eigenvalue weighted by Gasteiger charge is -2.41. The second-order valence-electron chi connectivity index (χ2n) is 8.83. The van der Waals surface area contributed by atoms with E-state index in [2.05, 4.69) is 44.5 Å². The number of likely N-dealkylation sites (tertiary alicyclic amines) is 1. The molecular weight excluding hydrogens is 445 g/mol. The van der Waals surface area contributed by atoms with Gasteiger partial charge in [-0.1, -0.05) is 12.1 Å². The van der Waals surface area contributed by atoms with Crippen molar-refractivity contribution in [3.05, 3.63) is 77.9 Å². The molecule has 1 aliphatic rings. The molecule has 9 heteroatoms. The molecule has 0 radical (unpaired) electrons. The first-order chi connectivity index (χ1) is 16.9. The van der Waals surface area contributed by atoms with E-state index in [-0.39, 0.29) is 17.8 Å². The number of benzene rings is 2. The number of fused-ring (bicyclic) bond motifs is 1. The van der Waals surface area contributed by atoms with Crippen LogP contribution >= 0.6 is 0 Å². The van der Waals surface area contributed by atoms with Crippen molar-refractivity contribution in [2.75, 3.05) is 13.1 Å². The van der Waals surface area contributed by atoms with Crippen LogP contribution in [0.2, 0.25) is 0 Å². The SMILES string of the molecule is N#CCC1(N/C=C(/C(N)=O)C(N)=Nc2ccc(F)cc2)CCN(Cc2ccc3cc[nH]c3c2)CC1. The summed E-state index contributed by atoms with van der Waals surface area (Å²) in [7, 11) is 0. The highest BCUT2D eigenvalue weighted by molar-refractivity contribution is 6.20. The average molecular weight is 474 g/mol. The molecule has 2 aromatic carbocycles. The lowest BCUT2D eigenvalue weighted by Crippen LogP contribution is -2.51. The Hall–Kier alpha value is -4.16. The van der Waals surface area contributed by atoms with Gasteiger partial charge in [0.1, 0.15) is 11.7 Å². The van der Waals surface area contributed by atoms with Crippen LogP contribution in [0.4, 0.5) is 10.1 Å². The number of halogens is 1. The second kappa shape index (κ2) is 10.4. The van der Waals surface area contributed by atoms with E-state index >= 15 is 0 Å². The number of nitrogens with zero attached hydrogens (tertiary/aromatic N) is 3. The van der Waals surface area contributed by atoms with Crippen molar-refractivity contribution in [1.82, 2.24) is 15.2 Å².